The van der Waals surface area contributed by atoms with Crippen molar-refractivity contribution in [3.63, 3.8) is 0 Å². The lowest BCUT2D eigenvalue weighted by Crippen LogP contribution is -2.33. The van der Waals surface area contributed by atoms with Crippen LogP contribution in [0.2, 0.25) is 0 Å². The number of ketones is 1. The maximum Gasteiger partial charge on any atom is 0.129 e. The van der Waals surface area contributed by atoms with Crippen LogP contribution in [0.1, 0.15) is 84.5 Å². The minimum Gasteiger partial charge on any atom is -0.303 e. The zero-order chi connectivity index (χ0) is 14.6. The molecule has 0 radical (unpaired) electrons. The summed E-state index contributed by atoms with van der Waals surface area (Å²) in [6.07, 6.45) is 14.2. The molecule has 1 heterocycles. The molecule has 0 aliphatic carbocycles. The van der Waals surface area contributed by atoms with Gasteiger partial charge in [0.25, 0.3) is 0 Å². The minimum atomic E-state index is 0.345. The van der Waals surface area contributed by atoms with E-state index in [0.29, 0.717) is 5.78 Å². The van der Waals surface area contributed by atoms with E-state index in [1.807, 2.05) is 0 Å². The molecule has 0 amide bonds. The van der Waals surface area contributed by atoms with Crippen LogP contribution in [0.4, 0.5) is 0 Å². The number of piperidine rings is 1. The van der Waals surface area contributed by atoms with Crippen molar-refractivity contribution >= 4 is 5.78 Å². The summed E-state index contributed by atoms with van der Waals surface area (Å²) in [5, 5.41) is 0. The summed E-state index contributed by atoms with van der Waals surface area (Å²) in [7, 11) is 0. The standard InChI is InChI=1S/C18H35NO/c1-17-12-15-19(16-13-17)14-10-8-6-4-3-5-7-9-11-18(2)20/h17H,3-16H2,1-2H3. The van der Waals surface area contributed by atoms with Gasteiger partial charge in [-0.1, -0.05) is 45.4 Å². The van der Waals surface area contributed by atoms with E-state index in [1.54, 1.807) is 6.92 Å². The second-order valence-corrected chi connectivity index (χ2v) is 6.80. The first-order chi connectivity index (χ1) is 9.68. The van der Waals surface area contributed by atoms with Crippen LogP contribution < -0.4 is 0 Å². The molecule has 0 aromatic rings. The molecule has 0 spiro atoms. The Morgan fingerprint density at radius 1 is 0.900 bits per heavy atom. The van der Waals surface area contributed by atoms with Crippen molar-refractivity contribution in [2.75, 3.05) is 19.6 Å². The molecule has 1 saturated heterocycles. The fraction of sp³-hybridized carbons (Fsp3) is 0.944. The van der Waals surface area contributed by atoms with Crippen LogP contribution in [-0.2, 0) is 4.79 Å². The molecule has 0 saturated carbocycles. The zero-order valence-electron chi connectivity index (χ0n) is 13.8. The fourth-order valence-corrected chi connectivity index (χ4v) is 3.06. The number of rotatable bonds is 11. The predicted molar refractivity (Wildman–Crippen MR) is 87.1 cm³/mol. The lowest BCUT2D eigenvalue weighted by Gasteiger charge is -2.30. The van der Waals surface area contributed by atoms with E-state index in [9.17, 15) is 4.79 Å². The zero-order valence-corrected chi connectivity index (χ0v) is 13.8. The summed E-state index contributed by atoms with van der Waals surface area (Å²) < 4.78 is 0. The smallest absolute Gasteiger partial charge is 0.129 e. The summed E-state index contributed by atoms with van der Waals surface area (Å²) in [4.78, 5) is 13.4. The third-order valence-electron chi connectivity index (χ3n) is 4.63. The van der Waals surface area contributed by atoms with Crippen LogP contribution in [0.5, 0.6) is 0 Å². The third kappa shape index (κ3) is 9.52. The maximum atomic E-state index is 10.8. The highest BCUT2D eigenvalue weighted by molar-refractivity contribution is 5.75. The minimum absolute atomic E-state index is 0.345. The Bertz CT molecular complexity index is 244. The quantitative estimate of drug-likeness (QED) is 0.506. The Morgan fingerprint density at radius 3 is 1.95 bits per heavy atom. The van der Waals surface area contributed by atoms with E-state index in [2.05, 4.69) is 11.8 Å². The Balaban J connectivity index is 1.77. The molecule has 20 heavy (non-hydrogen) atoms. The molecular weight excluding hydrogens is 246 g/mol. The van der Waals surface area contributed by atoms with Crippen molar-refractivity contribution in [3.8, 4) is 0 Å². The lowest BCUT2D eigenvalue weighted by atomic mass is 9.99. The van der Waals surface area contributed by atoms with Crippen LogP contribution in [0.3, 0.4) is 0 Å². The molecule has 2 nitrogen and oxygen atoms in total. The van der Waals surface area contributed by atoms with Gasteiger partial charge in [-0.05, 0) is 58.2 Å². The van der Waals surface area contributed by atoms with E-state index >= 15 is 0 Å². The first-order valence-corrected chi connectivity index (χ1v) is 8.90. The van der Waals surface area contributed by atoms with Gasteiger partial charge in [0.1, 0.15) is 5.78 Å². The number of unbranched alkanes of at least 4 members (excludes halogenated alkanes) is 7. The Kier molecular flexibility index (Phi) is 10.00. The van der Waals surface area contributed by atoms with Gasteiger partial charge < -0.3 is 9.69 Å². The van der Waals surface area contributed by atoms with Crippen LogP contribution in [0.25, 0.3) is 0 Å². The van der Waals surface area contributed by atoms with Gasteiger partial charge in [0.15, 0.2) is 0 Å². The summed E-state index contributed by atoms with van der Waals surface area (Å²) in [6, 6.07) is 0. The van der Waals surface area contributed by atoms with E-state index in [1.165, 1.54) is 77.4 Å². The topological polar surface area (TPSA) is 20.3 Å². The van der Waals surface area contributed by atoms with Crippen molar-refractivity contribution in [2.45, 2.75) is 84.5 Å². The van der Waals surface area contributed by atoms with Crippen molar-refractivity contribution in [1.29, 1.82) is 0 Å². The van der Waals surface area contributed by atoms with E-state index in [0.717, 1.165) is 18.8 Å². The largest absolute Gasteiger partial charge is 0.303 e. The summed E-state index contributed by atoms with van der Waals surface area (Å²) in [5.41, 5.74) is 0. The van der Waals surface area contributed by atoms with Gasteiger partial charge in [-0.25, -0.2) is 0 Å². The van der Waals surface area contributed by atoms with Crippen LogP contribution in [-0.4, -0.2) is 30.3 Å². The van der Waals surface area contributed by atoms with Crippen LogP contribution in [0, 0.1) is 5.92 Å². The molecule has 2 heteroatoms. The van der Waals surface area contributed by atoms with Gasteiger partial charge in [-0.3, -0.25) is 0 Å². The normalized spacial score (nSPS) is 17.5. The molecule has 0 aromatic heterocycles. The average Bonchev–Trinajstić information content (AvgIpc) is 2.42. The number of carbonyl (C=O) groups excluding carboxylic acids is 1. The average molecular weight is 281 g/mol. The molecule has 0 N–H and O–H groups in total. The lowest BCUT2D eigenvalue weighted by molar-refractivity contribution is -0.117. The molecule has 118 valence electrons. The van der Waals surface area contributed by atoms with E-state index < -0.39 is 0 Å². The molecule has 1 aliphatic rings. The summed E-state index contributed by atoms with van der Waals surface area (Å²) in [6.45, 7) is 8.07. The second kappa shape index (κ2) is 11.3. The van der Waals surface area contributed by atoms with Crippen molar-refractivity contribution in [2.24, 2.45) is 5.92 Å². The number of Topliss-reactive ketones (excluding diaryl/α,β-unsaturated/α-hetero) is 1. The number of hydrogen-bond acceptors (Lipinski definition) is 2. The third-order valence-corrected chi connectivity index (χ3v) is 4.63. The number of hydrogen-bond donors (Lipinski definition) is 0. The first kappa shape index (κ1) is 17.7. The Labute approximate surface area is 126 Å². The highest BCUT2D eigenvalue weighted by Gasteiger charge is 2.14. The summed E-state index contributed by atoms with van der Waals surface area (Å²) in [5.74, 6) is 1.30. The molecule has 0 aromatic carbocycles. The van der Waals surface area contributed by atoms with Gasteiger partial charge >= 0.3 is 0 Å². The Hall–Kier alpha value is -0.370. The van der Waals surface area contributed by atoms with Crippen molar-refractivity contribution in [1.82, 2.24) is 4.90 Å². The molecule has 1 fully saturated rings. The van der Waals surface area contributed by atoms with E-state index in [4.69, 9.17) is 0 Å². The van der Waals surface area contributed by atoms with Crippen molar-refractivity contribution in [3.05, 3.63) is 0 Å². The predicted octanol–water partition coefficient (Wildman–Crippen LogP) is 4.82. The van der Waals surface area contributed by atoms with E-state index in [-0.39, 0.29) is 0 Å². The molecule has 0 atom stereocenters. The molecule has 1 aliphatic heterocycles. The number of carbonyl (C=O) groups is 1. The SMILES string of the molecule is CC(=O)CCCCCCCCCCN1CCC(C)CC1. The number of nitrogens with zero attached hydrogens (tertiary/aromatic N) is 1. The van der Waals surface area contributed by atoms with Crippen LogP contribution >= 0.6 is 0 Å². The molecule has 0 unspecified atom stereocenters. The fourth-order valence-electron chi connectivity index (χ4n) is 3.06. The maximum absolute atomic E-state index is 10.8. The second-order valence-electron chi connectivity index (χ2n) is 6.80. The molecule has 0 bridgehead atoms. The Morgan fingerprint density at radius 2 is 1.40 bits per heavy atom. The summed E-state index contributed by atoms with van der Waals surface area (Å²) >= 11 is 0. The van der Waals surface area contributed by atoms with Gasteiger partial charge in [0, 0.05) is 6.42 Å². The first-order valence-electron chi connectivity index (χ1n) is 8.90. The number of likely N-dealkylation sites (tertiary alicyclic amines) is 1. The monoisotopic (exact) mass is 281 g/mol. The highest BCUT2D eigenvalue weighted by Crippen LogP contribution is 2.17. The molecule has 1 rings (SSSR count). The van der Waals surface area contributed by atoms with Gasteiger partial charge in [-0.15, -0.1) is 0 Å². The molecular formula is C18H35NO. The van der Waals surface area contributed by atoms with Gasteiger partial charge in [0.2, 0.25) is 0 Å². The van der Waals surface area contributed by atoms with Crippen molar-refractivity contribution < 1.29 is 4.79 Å². The van der Waals surface area contributed by atoms with Crippen LogP contribution in [0.15, 0.2) is 0 Å². The van der Waals surface area contributed by atoms with Gasteiger partial charge in [0.05, 0.1) is 0 Å². The van der Waals surface area contributed by atoms with Gasteiger partial charge in [-0.2, -0.15) is 0 Å². The highest BCUT2D eigenvalue weighted by atomic mass is 16.1.